The highest BCUT2D eigenvalue weighted by Gasteiger charge is 2.30. The maximum atomic E-state index is 12.4. The summed E-state index contributed by atoms with van der Waals surface area (Å²) in [6.07, 6.45) is 2.19. The molecule has 3 heterocycles. The number of nitrogens with one attached hydrogen (secondary N) is 4. The number of amides is 1. The molecule has 0 aliphatic carbocycles. The number of benzene rings is 1. The summed E-state index contributed by atoms with van der Waals surface area (Å²) in [7, 11) is 0. The van der Waals surface area contributed by atoms with E-state index in [9.17, 15) is 4.79 Å². The summed E-state index contributed by atoms with van der Waals surface area (Å²) in [6, 6.07) is 13.2. The van der Waals surface area contributed by atoms with Gasteiger partial charge < -0.3 is 4.42 Å². The summed E-state index contributed by atoms with van der Waals surface area (Å²) in [5.74, 6) is 1.06. The highest BCUT2D eigenvalue weighted by molar-refractivity contribution is 5.93. The number of anilines is 1. The third-order valence-electron chi connectivity index (χ3n) is 3.90. The lowest BCUT2D eigenvalue weighted by atomic mass is 10.0. The molecule has 0 radical (unpaired) electrons. The molecule has 4 rings (SSSR count). The van der Waals surface area contributed by atoms with E-state index < -0.39 is 0 Å². The van der Waals surface area contributed by atoms with Gasteiger partial charge >= 0.3 is 0 Å². The Labute approximate surface area is 137 Å². The standard InChI is InChI=1S/C16H16N6O2/c23-15(12-9-11(19-20-12)10-5-2-1-3-6-10)18-16-17-14(21-22-16)13-7-4-8-24-13/h1-8,11-12,19-20H,9H2,(H2,17,18,21,22,23). The molecule has 8 nitrogen and oxygen atoms in total. The largest absolute Gasteiger partial charge is 0.461 e. The summed E-state index contributed by atoms with van der Waals surface area (Å²) in [5.41, 5.74) is 7.29. The third kappa shape index (κ3) is 2.92. The van der Waals surface area contributed by atoms with Crippen molar-refractivity contribution in [1.82, 2.24) is 26.0 Å². The minimum atomic E-state index is -0.360. The number of rotatable bonds is 4. The number of carbonyl (C=O) groups is 1. The van der Waals surface area contributed by atoms with Crippen LogP contribution < -0.4 is 16.2 Å². The molecule has 1 amide bonds. The van der Waals surface area contributed by atoms with Gasteiger partial charge in [0.05, 0.1) is 6.26 Å². The minimum Gasteiger partial charge on any atom is -0.461 e. The zero-order chi connectivity index (χ0) is 16.4. The van der Waals surface area contributed by atoms with Gasteiger partial charge in [-0.3, -0.25) is 15.2 Å². The Morgan fingerprint density at radius 1 is 1.17 bits per heavy atom. The molecule has 1 aromatic carbocycles. The number of hydrogen-bond acceptors (Lipinski definition) is 6. The number of furan rings is 1. The van der Waals surface area contributed by atoms with Crippen LogP contribution in [0.3, 0.4) is 0 Å². The van der Waals surface area contributed by atoms with E-state index in [1.165, 1.54) is 0 Å². The maximum Gasteiger partial charge on any atom is 0.249 e. The van der Waals surface area contributed by atoms with Crippen LogP contribution in [-0.4, -0.2) is 27.1 Å². The predicted octanol–water partition coefficient (Wildman–Crippen LogP) is 1.61. The number of hydrazine groups is 1. The second kappa shape index (κ2) is 6.26. The summed E-state index contributed by atoms with van der Waals surface area (Å²) < 4.78 is 5.23. The van der Waals surface area contributed by atoms with E-state index in [0.717, 1.165) is 5.56 Å². The molecular formula is C16H16N6O2. The molecule has 0 bridgehead atoms. The number of carbonyl (C=O) groups excluding carboxylic acids is 1. The van der Waals surface area contributed by atoms with Crippen molar-refractivity contribution in [3.63, 3.8) is 0 Å². The van der Waals surface area contributed by atoms with E-state index in [2.05, 4.69) is 31.3 Å². The molecule has 4 N–H and O–H groups in total. The summed E-state index contributed by atoms with van der Waals surface area (Å²) in [4.78, 5) is 16.6. The van der Waals surface area contributed by atoms with Crippen molar-refractivity contribution < 1.29 is 9.21 Å². The van der Waals surface area contributed by atoms with E-state index >= 15 is 0 Å². The van der Waals surface area contributed by atoms with Gasteiger partial charge in [-0.2, -0.15) is 4.98 Å². The minimum absolute atomic E-state index is 0.0905. The van der Waals surface area contributed by atoms with Gasteiger partial charge in [-0.1, -0.05) is 30.3 Å². The smallest absolute Gasteiger partial charge is 0.249 e. The highest BCUT2D eigenvalue weighted by Crippen LogP contribution is 2.22. The zero-order valence-electron chi connectivity index (χ0n) is 12.7. The molecule has 1 aliphatic heterocycles. The fourth-order valence-electron chi connectivity index (χ4n) is 2.67. The van der Waals surface area contributed by atoms with Crippen LogP contribution >= 0.6 is 0 Å². The first-order valence-electron chi connectivity index (χ1n) is 7.63. The Balaban J connectivity index is 1.39. The number of aromatic amines is 1. The van der Waals surface area contributed by atoms with Gasteiger partial charge in [0.15, 0.2) is 11.6 Å². The zero-order valence-corrected chi connectivity index (χ0v) is 12.7. The molecule has 8 heteroatoms. The molecule has 3 aromatic rings. The van der Waals surface area contributed by atoms with Gasteiger partial charge in [0, 0.05) is 6.04 Å². The van der Waals surface area contributed by atoms with Crippen LogP contribution in [0.4, 0.5) is 5.95 Å². The Bertz CT molecular complexity index is 814. The molecule has 1 aliphatic rings. The van der Waals surface area contributed by atoms with Crippen LogP contribution in [0.2, 0.25) is 0 Å². The summed E-state index contributed by atoms with van der Waals surface area (Å²) >= 11 is 0. The van der Waals surface area contributed by atoms with Crippen LogP contribution in [0, 0.1) is 0 Å². The first kappa shape index (κ1) is 14.6. The molecule has 0 spiro atoms. The average Bonchev–Trinajstić information content (AvgIpc) is 3.36. The lowest BCUT2D eigenvalue weighted by Crippen LogP contribution is -2.39. The van der Waals surface area contributed by atoms with Gasteiger partial charge in [0.25, 0.3) is 0 Å². The number of aromatic nitrogens is 3. The van der Waals surface area contributed by atoms with E-state index in [1.807, 2.05) is 30.3 Å². The van der Waals surface area contributed by atoms with Crippen molar-refractivity contribution in [2.24, 2.45) is 0 Å². The molecular weight excluding hydrogens is 308 g/mol. The van der Waals surface area contributed by atoms with E-state index in [0.29, 0.717) is 18.0 Å². The van der Waals surface area contributed by atoms with Crippen LogP contribution in [-0.2, 0) is 4.79 Å². The topological polar surface area (TPSA) is 108 Å². The van der Waals surface area contributed by atoms with Gasteiger partial charge in [-0.15, -0.1) is 5.10 Å². The normalized spacial score (nSPS) is 20.2. The lowest BCUT2D eigenvalue weighted by Gasteiger charge is -2.09. The number of nitrogens with zero attached hydrogens (tertiary/aromatic N) is 2. The Kier molecular flexibility index (Phi) is 3.81. The van der Waals surface area contributed by atoms with Gasteiger partial charge in [-0.25, -0.2) is 10.9 Å². The molecule has 2 unspecified atom stereocenters. The van der Waals surface area contributed by atoms with Crippen LogP contribution in [0.25, 0.3) is 11.6 Å². The molecule has 2 atom stereocenters. The number of H-pyrrole nitrogens is 1. The van der Waals surface area contributed by atoms with Crippen molar-refractivity contribution in [2.45, 2.75) is 18.5 Å². The predicted molar refractivity (Wildman–Crippen MR) is 86.6 cm³/mol. The van der Waals surface area contributed by atoms with Gasteiger partial charge in [0.1, 0.15) is 6.04 Å². The monoisotopic (exact) mass is 324 g/mol. The van der Waals surface area contributed by atoms with Crippen molar-refractivity contribution >= 4 is 11.9 Å². The maximum absolute atomic E-state index is 12.4. The Morgan fingerprint density at radius 2 is 2.04 bits per heavy atom. The van der Waals surface area contributed by atoms with Gasteiger partial charge in [0.2, 0.25) is 11.9 Å². The molecule has 122 valence electrons. The summed E-state index contributed by atoms with van der Waals surface area (Å²) in [6.45, 7) is 0. The van der Waals surface area contributed by atoms with Crippen molar-refractivity contribution in [3.8, 4) is 11.6 Å². The van der Waals surface area contributed by atoms with Crippen molar-refractivity contribution in [3.05, 3.63) is 54.3 Å². The third-order valence-corrected chi connectivity index (χ3v) is 3.90. The van der Waals surface area contributed by atoms with E-state index in [-0.39, 0.29) is 23.9 Å². The Hall–Kier alpha value is -2.97. The number of hydrogen-bond donors (Lipinski definition) is 4. The average molecular weight is 324 g/mol. The molecule has 1 saturated heterocycles. The second-order valence-corrected chi connectivity index (χ2v) is 5.51. The fourth-order valence-corrected chi connectivity index (χ4v) is 2.67. The highest BCUT2D eigenvalue weighted by atomic mass is 16.3. The quantitative estimate of drug-likeness (QED) is 0.581. The first-order chi connectivity index (χ1) is 11.8. The van der Waals surface area contributed by atoms with Crippen LogP contribution in [0.5, 0.6) is 0 Å². The van der Waals surface area contributed by atoms with Crippen molar-refractivity contribution in [2.75, 3.05) is 5.32 Å². The molecule has 2 aromatic heterocycles. The van der Waals surface area contributed by atoms with E-state index in [4.69, 9.17) is 4.42 Å². The fraction of sp³-hybridized carbons (Fsp3) is 0.188. The molecule has 1 fully saturated rings. The molecule has 0 saturated carbocycles. The van der Waals surface area contributed by atoms with E-state index in [1.54, 1.807) is 18.4 Å². The lowest BCUT2D eigenvalue weighted by molar-refractivity contribution is -0.117. The Morgan fingerprint density at radius 3 is 2.83 bits per heavy atom. The van der Waals surface area contributed by atoms with Crippen molar-refractivity contribution in [1.29, 1.82) is 0 Å². The first-order valence-corrected chi connectivity index (χ1v) is 7.63. The SMILES string of the molecule is O=C(Nc1n[nH]c(-c2ccco2)n1)C1CC(c2ccccc2)NN1. The molecule has 24 heavy (non-hydrogen) atoms. The van der Waals surface area contributed by atoms with Gasteiger partial charge in [-0.05, 0) is 24.1 Å². The van der Waals surface area contributed by atoms with Crippen LogP contribution in [0.1, 0.15) is 18.0 Å². The summed E-state index contributed by atoms with van der Waals surface area (Å²) in [5, 5.41) is 9.42. The van der Waals surface area contributed by atoms with Crippen LogP contribution in [0.15, 0.2) is 53.1 Å². The second-order valence-electron chi connectivity index (χ2n) is 5.51.